The van der Waals surface area contributed by atoms with Crippen molar-refractivity contribution in [2.45, 2.75) is 46.0 Å². The summed E-state index contributed by atoms with van der Waals surface area (Å²) in [5.74, 6) is -0.735. The van der Waals surface area contributed by atoms with E-state index < -0.39 is 0 Å². The Labute approximate surface area is 161 Å². The van der Waals surface area contributed by atoms with Crippen LogP contribution in [0.1, 0.15) is 43.2 Å². The summed E-state index contributed by atoms with van der Waals surface area (Å²) in [6.45, 7) is 4.17. The van der Waals surface area contributed by atoms with Gasteiger partial charge in [0.25, 0.3) is 0 Å². The molecule has 7 heteroatoms. The second-order valence-electron chi connectivity index (χ2n) is 7.52. The van der Waals surface area contributed by atoms with Crippen LogP contribution in [0.4, 0.5) is 5.13 Å². The van der Waals surface area contributed by atoms with Crippen LogP contribution in [0.5, 0.6) is 0 Å². The number of likely N-dealkylation sites (tertiary alicyclic amines) is 1. The van der Waals surface area contributed by atoms with Crippen LogP contribution in [0, 0.1) is 25.7 Å². The Morgan fingerprint density at radius 2 is 1.78 bits per heavy atom. The fourth-order valence-corrected chi connectivity index (χ4v) is 5.19. The van der Waals surface area contributed by atoms with E-state index in [4.69, 9.17) is 0 Å². The number of nitrogens with one attached hydrogen (secondary N) is 1. The maximum absolute atomic E-state index is 12.5. The number of hydrogen-bond donors (Lipinski definition) is 1. The van der Waals surface area contributed by atoms with E-state index in [0.717, 1.165) is 47.0 Å². The highest BCUT2D eigenvalue weighted by Crippen LogP contribution is 2.38. The van der Waals surface area contributed by atoms with Gasteiger partial charge in [-0.25, -0.2) is 4.98 Å². The average molecular weight is 385 g/mol. The van der Waals surface area contributed by atoms with Crippen molar-refractivity contribution in [3.8, 4) is 0 Å². The van der Waals surface area contributed by atoms with Crippen molar-refractivity contribution in [2.24, 2.45) is 11.8 Å². The molecule has 1 aliphatic heterocycles. The number of fused-ring (bicyclic) bond motifs is 2. The highest BCUT2D eigenvalue weighted by atomic mass is 32.1. The van der Waals surface area contributed by atoms with Gasteiger partial charge in [0.1, 0.15) is 0 Å². The van der Waals surface area contributed by atoms with Gasteiger partial charge in [-0.15, -0.1) is 0 Å². The van der Waals surface area contributed by atoms with Crippen LogP contribution < -0.4 is 5.32 Å². The number of aromatic nitrogens is 1. The molecule has 1 aliphatic carbocycles. The monoisotopic (exact) mass is 385 g/mol. The molecule has 6 nitrogen and oxygen atoms in total. The van der Waals surface area contributed by atoms with E-state index in [1.165, 1.54) is 16.2 Å². The van der Waals surface area contributed by atoms with Gasteiger partial charge < -0.3 is 5.32 Å². The minimum absolute atomic E-state index is 0.0938. The van der Waals surface area contributed by atoms with E-state index in [0.29, 0.717) is 5.13 Å². The first-order valence-electron chi connectivity index (χ1n) is 9.47. The third-order valence-electron chi connectivity index (χ3n) is 5.68. The SMILES string of the molecule is Cc1ccc(C)c2sc(NC(=O)CCN3C(=O)C4CCCCC4C3=O)nc12. The molecule has 2 aromatic rings. The van der Waals surface area contributed by atoms with Crippen LogP contribution >= 0.6 is 11.3 Å². The zero-order valence-corrected chi connectivity index (χ0v) is 16.4. The van der Waals surface area contributed by atoms with Gasteiger partial charge in [-0.3, -0.25) is 19.3 Å². The Balaban J connectivity index is 1.40. The molecule has 2 atom stereocenters. The molecule has 0 bridgehead atoms. The Bertz CT molecular complexity index is 873. The summed E-state index contributed by atoms with van der Waals surface area (Å²) in [7, 11) is 0. The van der Waals surface area contributed by atoms with Gasteiger partial charge in [-0.05, 0) is 37.8 Å². The minimum Gasteiger partial charge on any atom is -0.302 e. The fraction of sp³-hybridized carbons (Fsp3) is 0.500. The molecule has 2 unspecified atom stereocenters. The van der Waals surface area contributed by atoms with Crippen LogP contribution in [0.2, 0.25) is 0 Å². The molecule has 2 aliphatic rings. The molecule has 2 heterocycles. The van der Waals surface area contributed by atoms with Crippen molar-refractivity contribution in [1.29, 1.82) is 0 Å². The van der Waals surface area contributed by atoms with Gasteiger partial charge in [0.05, 0.1) is 22.1 Å². The Morgan fingerprint density at radius 3 is 2.41 bits per heavy atom. The molecular formula is C20H23N3O3S. The lowest BCUT2D eigenvalue weighted by atomic mass is 9.81. The smallest absolute Gasteiger partial charge is 0.233 e. The van der Waals surface area contributed by atoms with Crippen molar-refractivity contribution in [2.75, 3.05) is 11.9 Å². The summed E-state index contributed by atoms with van der Waals surface area (Å²) in [5.41, 5.74) is 3.11. The van der Waals surface area contributed by atoms with Crippen LogP contribution in [0.15, 0.2) is 12.1 Å². The zero-order chi connectivity index (χ0) is 19.1. The van der Waals surface area contributed by atoms with Crippen molar-refractivity contribution in [3.63, 3.8) is 0 Å². The molecule has 0 radical (unpaired) electrons. The van der Waals surface area contributed by atoms with Crippen LogP contribution in [0.25, 0.3) is 10.2 Å². The highest BCUT2D eigenvalue weighted by molar-refractivity contribution is 7.22. The van der Waals surface area contributed by atoms with Gasteiger partial charge in [-0.1, -0.05) is 36.3 Å². The molecule has 1 aromatic carbocycles. The molecule has 1 saturated carbocycles. The number of anilines is 1. The van der Waals surface area contributed by atoms with Gasteiger partial charge in [-0.2, -0.15) is 0 Å². The number of benzene rings is 1. The first kappa shape index (κ1) is 18.1. The number of carbonyl (C=O) groups is 3. The second kappa shape index (κ2) is 7.03. The van der Waals surface area contributed by atoms with Crippen LogP contribution in [-0.2, 0) is 14.4 Å². The third kappa shape index (κ3) is 3.25. The summed E-state index contributed by atoms with van der Waals surface area (Å²) in [5, 5.41) is 3.38. The van der Waals surface area contributed by atoms with Crippen molar-refractivity contribution in [1.82, 2.24) is 9.88 Å². The van der Waals surface area contributed by atoms with Gasteiger partial charge >= 0.3 is 0 Å². The topological polar surface area (TPSA) is 79.4 Å². The first-order chi connectivity index (χ1) is 13.0. The minimum atomic E-state index is -0.222. The normalized spacial score (nSPS) is 22.4. The maximum atomic E-state index is 12.5. The van der Waals surface area contributed by atoms with Crippen molar-refractivity contribution in [3.05, 3.63) is 23.3 Å². The molecule has 1 saturated heterocycles. The van der Waals surface area contributed by atoms with E-state index >= 15 is 0 Å². The van der Waals surface area contributed by atoms with E-state index in [-0.39, 0.29) is 42.5 Å². The number of amides is 3. The van der Waals surface area contributed by atoms with E-state index in [1.54, 1.807) is 0 Å². The molecule has 0 spiro atoms. The lowest BCUT2D eigenvalue weighted by molar-refractivity contribution is -0.140. The predicted octanol–water partition coefficient (Wildman–Crippen LogP) is 3.42. The molecule has 1 aromatic heterocycles. The van der Waals surface area contributed by atoms with Gasteiger partial charge in [0.15, 0.2) is 5.13 Å². The average Bonchev–Trinajstić information content (AvgIpc) is 3.18. The maximum Gasteiger partial charge on any atom is 0.233 e. The van der Waals surface area contributed by atoms with E-state index in [2.05, 4.69) is 10.3 Å². The Hall–Kier alpha value is -2.28. The summed E-state index contributed by atoms with van der Waals surface area (Å²) in [4.78, 5) is 43.1. The number of aryl methyl sites for hydroxylation is 2. The summed E-state index contributed by atoms with van der Waals surface area (Å²) < 4.78 is 1.07. The van der Waals surface area contributed by atoms with Crippen molar-refractivity contribution >= 4 is 44.4 Å². The molecule has 3 amide bonds. The summed E-state index contributed by atoms with van der Waals surface area (Å²) in [6.07, 6.45) is 3.70. The number of imide groups is 1. The lowest BCUT2D eigenvalue weighted by Gasteiger charge is -2.19. The molecule has 142 valence electrons. The third-order valence-corrected chi connectivity index (χ3v) is 6.79. The second-order valence-corrected chi connectivity index (χ2v) is 8.52. The molecule has 27 heavy (non-hydrogen) atoms. The standard InChI is InChI=1S/C20H23N3O3S/c1-11-7-8-12(2)17-16(11)22-20(27-17)21-15(24)9-10-23-18(25)13-5-3-4-6-14(13)19(23)26/h7-8,13-14H,3-6,9-10H2,1-2H3,(H,21,22,24). The van der Waals surface area contributed by atoms with Crippen LogP contribution in [-0.4, -0.2) is 34.2 Å². The number of nitrogens with zero attached hydrogens (tertiary/aromatic N) is 2. The summed E-state index contributed by atoms with van der Waals surface area (Å²) >= 11 is 1.45. The number of carbonyl (C=O) groups excluding carboxylic acids is 3. The van der Waals surface area contributed by atoms with Gasteiger partial charge in [0.2, 0.25) is 17.7 Å². The van der Waals surface area contributed by atoms with Crippen molar-refractivity contribution < 1.29 is 14.4 Å². The Kier molecular flexibility index (Phi) is 4.72. The zero-order valence-electron chi connectivity index (χ0n) is 15.6. The molecule has 2 fully saturated rings. The predicted molar refractivity (Wildman–Crippen MR) is 105 cm³/mol. The molecular weight excluding hydrogens is 362 g/mol. The number of thiazole rings is 1. The largest absolute Gasteiger partial charge is 0.302 e. The number of hydrogen-bond acceptors (Lipinski definition) is 5. The van der Waals surface area contributed by atoms with Gasteiger partial charge in [0, 0.05) is 13.0 Å². The Morgan fingerprint density at radius 1 is 1.15 bits per heavy atom. The first-order valence-corrected chi connectivity index (χ1v) is 10.3. The lowest BCUT2D eigenvalue weighted by Crippen LogP contribution is -2.34. The highest BCUT2D eigenvalue weighted by Gasteiger charge is 2.47. The van der Waals surface area contributed by atoms with E-state index in [1.807, 2.05) is 26.0 Å². The molecule has 1 N–H and O–H groups in total. The quantitative estimate of drug-likeness (QED) is 0.818. The van der Waals surface area contributed by atoms with E-state index in [9.17, 15) is 14.4 Å². The molecule has 4 rings (SSSR count). The fourth-order valence-electron chi connectivity index (χ4n) is 4.16. The summed E-state index contributed by atoms with van der Waals surface area (Å²) in [6, 6.07) is 4.07. The number of rotatable bonds is 4. The van der Waals surface area contributed by atoms with Crippen LogP contribution in [0.3, 0.4) is 0 Å².